The SMILES string of the molecule is NC(=O)c1cc(C(F)(F)F)c(C2C(=O)C(C(=O)O)C(=O)CC23CCCCC3)c(C(F)(F)F)c1. The summed E-state index contributed by atoms with van der Waals surface area (Å²) in [6, 6.07) is 0.284. The maximum absolute atomic E-state index is 14.0. The minimum atomic E-state index is -5.43. The molecule has 0 saturated heterocycles. The van der Waals surface area contributed by atoms with Crippen LogP contribution in [0.25, 0.3) is 0 Å². The first-order valence-electron chi connectivity index (χ1n) is 10.0. The summed E-state index contributed by atoms with van der Waals surface area (Å²) in [7, 11) is 0. The van der Waals surface area contributed by atoms with Crippen LogP contribution in [-0.4, -0.2) is 28.5 Å². The third-order valence-electron chi connectivity index (χ3n) is 6.49. The quantitative estimate of drug-likeness (QED) is 0.501. The number of benzene rings is 1. The highest BCUT2D eigenvalue weighted by molar-refractivity contribution is 6.20. The molecule has 2 aliphatic rings. The number of carbonyl (C=O) groups excluding carboxylic acids is 3. The van der Waals surface area contributed by atoms with Crippen molar-refractivity contribution in [1.29, 1.82) is 0 Å². The Kier molecular flexibility index (Phi) is 6.10. The molecule has 2 atom stereocenters. The Morgan fingerprint density at radius 3 is 1.82 bits per heavy atom. The van der Waals surface area contributed by atoms with Gasteiger partial charge in [-0.05, 0) is 36.0 Å². The fraction of sp³-hybridized carbons (Fsp3) is 0.524. The number of amides is 1. The Labute approximate surface area is 183 Å². The second kappa shape index (κ2) is 8.14. The van der Waals surface area contributed by atoms with Gasteiger partial charge in [-0.2, -0.15) is 26.3 Å². The van der Waals surface area contributed by atoms with Crippen molar-refractivity contribution in [2.24, 2.45) is 17.1 Å². The van der Waals surface area contributed by atoms with Gasteiger partial charge in [0.15, 0.2) is 17.5 Å². The molecule has 3 N–H and O–H groups in total. The van der Waals surface area contributed by atoms with Gasteiger partial charge >= 0.3 is 18.3 Å². The number of ketones is 2. The summed E-state index contributed by atoms with van der Waals surface area (Å²) in [5.74, 6) is -10.5. The van der Waals surface area contributed by atoms with Gasteiger partial charge in [0.1, 0.15) is 0 Å². The van der Waals surface area contributed by atoms with Crippen molar-refractivity contribution in [3.05, 3.63) is 34.4 Å². The molecule has 0 radical (unpaired) electrons. The molecule has 0 heterocycles. The van der Waals surface area contributed by atoms with Crippen LogP contribution in [0.3, 0.4) is 0 Å². The van der Waals surface area contributed by atoms with Gasteiger partial charge in [-0.15, -0.1) is 0 Å². The number of primary amides is 1. The number of hydrogen-bond acceptors (Lipinski definition) is 4. The van der Waals surface area contributed by atoms with Gasteiger partial charge < -0.3 is 10.8 Å². The van der Waals surface area contributed by atoms with Crippen LogP contribution < -0.4 is 5.73 Å². The molecule has 2 saturated carbocycles. The average molecular weight is 479 g/mol. The minimum Gasteiger partial charge on any atom is -0.480 e. The number of nitrogens with two attached hydrogens (primary N) is 1. The first-order valence-corrected chi connectivity index (χ1v) is 10.0. The molecule has 1 aromatic carbocycles. The standard InChI is InChI=1S/C21H19F6NO5/c22-20(23,24)10-6-9(17(28)31)7-11(21(25,26)27)13(10)15-16(30)14(18(32)33)12(29)8-19(15)4-2-1-3-5-19/h6-7,14-15H,1-5,8H2,(H2,28,31)(H,32,33). The molecule has 2 unspecified atom stereocenters. The molecular weight excluding hydrogens is 460 g/mol. The van der Waals surface area contributed by atoms with Crippen LogP contribution >= 0.6 is 0 Å². The van der Waals surface area contributed by atoms with Crippen molar-refractivity contribution >= 4 is 23.4 Å². The molecule has 0 bridgehead atoms. The maximum Gasteiger partial charge on any atom is 0.416 e. The zero-order valence-corrected chi connectivity index (χ0v) is 17.0. The van der Waals surface area contributed by atoms with Crippen molar-refractivity contribution in [2.75, 3.05) is 0 Å². The molecule has 0 aliphatic heterocycles. The zero-order valence-electron chi connectivity index (χ0n) is 17.0. The molecule has 2 fully saturated rings. The number of hydrogen-bond donors (Lipinski definition) is 2. The van der Waals surface area contributed by atoms with Crippen LogP contribution in [0.4, 0.5) is 26.3 Å². The molecule has 1 amide bonds. The summed E-state index contributed by atoms with van der Waals surface area (Å²) in [4.78, 5) is 48.8. The summed E-state index contributed by atoms with van der Waals surface area (Å²) >= 11 is 0. The van der Waals surface area contributed by atoms with Gasteiger partial charge in [-0.3, -0.25) is 19.2 Å². The van der Waals surface area contributed by atoms with Crippen molar-refractivity contribution < 1.29 is 50.6 Å². The van der Waals surface area contributed by atoms with Gasteiger partial charge in [0.2, 0.25) is 5.91 Å². The van der Waals surface area contributed by atoms with E-state index in [1.54, 1.807) is 0 Å². The van der Waals surface area contributed by atoms with Gasteiger partial charge in [-0.25, -0.2) is 0 Å². The second-order valence-electron chi connectivity index (χ2n) is 8.52. The zero-order chi connectivity index (χ0) is 24.9. The Morgan fingerprint density at radius 2 is 1.42 bits per heavy atom. The summed E-state index contributed by atoms with van der Waals surface area (Å²) in [5.41, 5.74) is -2.95. The first-order chi connectivity index (χ1) is 15.1. The van der Waals surface area contributed by atoms with E-state index in [1.807, 2.05) is 0 Å². The molecule has 2 aliphatic carbocycles. The number of aliphatic carboxylic acids is 1. The maximum atomic E-state index is 14.0. The first kappa shape index (κ1) is 24.7. The number of carbonyl (C=O) groups is 4. The number of carboxylic acids is 1. The molecule has 12 heteroatoms. The highest BCUT2D eigenvalue weighted by Crippen LogP contribution is 2.58. The van der Waals surface area contributed by atoms with E-state index in [9.17, 15) is 50.6 Å². The molecule has 0 aromatic heterocycles. The molecular formula is C21H19F6NO5. The lowest BCUT2D eigenvalue weighted by atomic mass is 9.54. The number of rotatable bonds is 3. The van der Waals surface area contributed by atoms with E-state index < -0.39 is 81.7 Å². The van der Waals surface area contributed by atoms with E-state index in [0.29, 0.717) is 19.3 Å². The summed E-state index contributed by atoms with van der Waals surface area (Å²) in [6.07, 6.45) is -10.3. The summed E-state index contributed by atoms with van der Waals surface area (Å²) in [6.45, 7) is 0. The Bertz CT molecular complexity index is 988. The topological polar surface area (TPSA) is 115 Å². The van der Waals surface area contributed by atoms with Crippen molar-refractivity contribution in [3.63, 3.8) is 0 Å². The van der Waals surface area contributed by atoms with E-state index in [1.165, 1.54) is 0 Å². The Morgan fingerprint density at radius 1 is 0.939 bits per heavy atom. The Balaban J connectivity index is 2.43. The third kappa shape index (κ3) is 4.34. The van der Waals surface area contributed by atoms with Gasteiger partial charge in [0.05, 0.1) is 17.0 Å². The van der Waals surface area contributed by atoms with Crippen LogP contribution in [0.5, 0.6) is 0 Å². The summed E-state index contributed by atoms with van der Waals surface area (Å²) in [5, 5.41) is 9.36. The largest absolute Gasteiger partial charge is 0.480 e. The normalized spacial score (nSPS) is 23.6. The van der Waals surface area contributed by atoms with Gasteiger partial charge in [-0.1, -0.05) is 19.3 Å². The van der Waals surface area contributed by atoms with E-state index >= 15 is 0 Å². The predicted molar refractivity (Wildman–Crippen MR) is 99.0 cm³/mol. The smallest absolute Gasteiger partial charge is 0.416 e. The van der Waals surface area contributed by atoms with E-state index in [2.05, 4.69) is 0 Å². The van der Waals surface area contributed by atoms with Crippen LogP contribution in [0.1, 0.15) is 71.5 Å². The van der Waals surface area contributed by atoms with E-state index in [4.69, 9.17) is 5.73 Å². The van der Waals surface area contributed by atoms with E-state index in [0.717, 1.165) is 0 Å². The number of carboxylic acid groups (broad SMARTS) is 1. The fourth-order valence-electron chi connectivity index (χ4n) is 5.18. The van der Waals surface area contributed by atoms with E-state index in [-0.39, 0.29) is 25.0 Å². The van der Waals surface area contributed by atoms with Gasteiger partial charge in [0.25, 0.3) is 0 Å². The molecule has 1 aromatic rings. The molecule has 6 nitrogen and oxygen atoms in total. The van der Waals surface area contributed by atoms with Crippen molar-refractivity contribution in [3.8, 4) is 0 Å². The molecule has 3 rings (SSSR count). The second-order valence-corrected chi connectivity index (χ2v) is 8.52. The van der Waals surface area contributed by atoms with Gasteiger partial charge in [0, 0.05) is 12.0 Å². The van der Waals surface area contributed by atoms with Crippen LogP contribution in [0, 0.1) is 11.3 Å². The summed E-state index contributed by atoms with van der Waals surface area (Å²) < 4.78 is 84.1. The number of alkyl halides is 6. The third-order valence-corrected chi connectivity index (χ3v) is 6.49. The fourth-order valence-corrected chi connectivity index (χ4v) is 5.18. The number of Topliss-reactive ketones (excluding diaryl/α,β-unsaturated/α-hetero) is 2. The molecule has 180 valence electrons. The molecule has 33 heavy (non-hydrogen) atoms. The highest BCUT2D eigenvalue weighted by atomic mass is 19.4. The minimum absolute atomic E-state index is 0.0202. The van der Waals surface area contributed by atoms with Crippen LogP contribution in [0.15, 0.2) is 12.1 Å². The lowest BCUT2D eigenvalue weighted by Crippen LogP contribution is -2.51. The molecule has 1 spiro atoms. The van der Waals surface area contributed by atoms with Crippen LogP contribution in [0.2, 0.25) is 0 Å². The number of halogens is 6. The monoisotopic (exact) mass is 479 g/mol. The Hall–Kier alpha value is -2.92. The highest BCUT2D eigenvalue weighted by Gasteiger charge is 2.58. The van der Waals surface area contributed by atoms with Crippen LogP contribution in [-0.2, 0) is 26.7 Å². The van der Waals surface area contributed by atoms with Crippen molar-refractivity contribution in [1.82, 2.24) is 0 Å². The lowest BCUT2D eigenvalue weighted by Gasteiger charge is -2.47. The average Bonchev–Trinajstić information content (AvgIpc) is 2.65. The van der Waals surface area contributed by atoms with Crippen molar-refractivity contribution in [2.45, 2.75) is 56.8 Å². The lowest BCUT2D eigenvalue weighted by molar-refractivity contribution is -0.157. The predicted octanol–water partition coefficient (Wildman–Crippen LogP) is 4.10.